The van der Waals surface area contributed by atoms with Gasteiger partial charge in [-0.25, -0.2) is 0 Å². The van der Waals surface area contributed by atoms with E-state index in [0.29, 0.717) is 22.3 Å². The number of hydrogen-bond acceptors (Lipinski definition) is 4. The highest BCUT2D eigenvalue weighted by Crippen LogP contribution is 2.22. The number of nitrogens with zero attached hydrogens (tertiary/aromatic N) is 1. The molecule has 0 fully saturated rings. The number of rotatable bonds is 2. The van der Waals surface area contributed by atoms with E-state index in [9.17, 15) is 14.4 Å². The number of ketones is 1. The van der Waals surface area contributed by atoms with Gasteiger partial charge in [-0.05, 0) is 17.7 Å². The quantitative estimate of drug-likeness (QED) is 0.614. The van der Waals surface area contributed by atoms with Crippen molar-refractivity contribution in [3.05, 3.63) is 59.0 Å². The van der Waals surface area contributed by atoms with E-state index in [1.54, 1.807) is 18.2 Å². The van der Waals surface area contributed by atoms with E-state index in [2.05, 4.69) is 0 Å². The van der Waals surface area contributed by atoms with E-state index >= 15 is 0 Å². The lowest BCUT2D eigenvalue weighted by atomic mass is 9.94. The van der Waals surface area contributed by atoms with Crippen LogP contribution >= 0.6 is 0 Å². The van der Waals surface area contributed by atoms with Crippen LogP contribution in [0.4, 0.5) is 0 Å². The zero-order valence-corrected chi connectivity index (χ0v) is 10.8. The number of hydrogen-bond donors (Lipinski definition) is 0. The summed E-state index contributed by atoms with van der Waals surface area (Å²) in [6, 6.07) is 6.39. The number of furan rings is 1. The van der Waals surface area contributed by atoms with Gasteiger partial charge in [0.05, 0.1) is 18.2 Å². The van der Waals surface area contributed by atoms with Crippen LogP contribution < -0.4 is 0 Å². The Balaban J connectivity index is 2.04. The fourth-order valence-electron chi connectivity index (χ4n) is 2.21. The highest BCUT2D eigenvalue weighted by atomic mass is 16.3. The molecule has 0 atom stereocenters. The van der Waals surface area contributed by atoms with Crippen molar-refractivity contribution in [1.82, 2.24) is 4.90 Å². The average molecular weight is 269 g/mol. The Hall–Kier alpha value is -2.69. The SMILES string of the molecule is CN1C(=O)Cc2ccc(C(=O)c3ccoc3)cc2C1=O. The molecule has 2 heterocycles. The molecular weight excluding hydrogens is 258 g/mol. The van der Waals surface area contributed by atoms with Gasteiger partial charge >= 0.3 is 0 Å². The summed E-state index contributed by atoms with van der Waals surface area (Å²) < 4.78 is 4.88. The molecule has 0 N–H and O–H groups in total. The fraction of sp³-hybridized carbons (Fsp3) is 0.133. The van der Waals surface area contributed by atoms with Crippen molar-refractivity contribution >= 4 is 17.6 Å². The maximum atomic E-state index is 12.2. The van der Waals surface area contributed by atoms with Crippen LogP contribution in [0, 0.1) is 0 Å². The maximum Gasteiger partial charge on any atom is 0.260 e. The van der Waals surface area contributed by atoms with E-state index < -0.39 is 0 Å². The number of likely N-dealkylation sites (N-methyl/N-ethyl adjacent to an activating group) is 1. The summed E-state index contributed by atoms with van der Waals surface area (Å²) in [5.41, 5.74) is 1.89. The molecule has 20 heavy (non-hydrogen) atoms. The Bertz CT molecular complexity index is 715. The van der Waals surface area contributed by atoms with Crippen molar-refractivity contribution < 1.29 is 18.8 Å². The largest absolute Gasteiger partial charge is 0.472 e. The van der Waals surface area contributed by atoms with Crippen LogP contribution in [-0.2, 0) is 11.2 Å². The summed E-state index contributed by atoms with van der Waals surface area (Å²) in [7, 11) is 1.44. The zero-order valence-electron chi connectivity index (χ0n) is 10.8. The molecular formula is C15H11NO4. The minimum Gasteiger partial charge on any atom is -0.472 e. The Morgan fingerprint density at radius 1 is 1.20 bits per heavy atom. The molecule has 5 heteroatoms. The summed E-state index contributed by atoms with van der Waals surface area (Å²) in [6.45, 7) is 0. The van der Waals surface area contributed by atoms with Gasteiger partial charge in [0.25, 0.3) is 5.91 Å². The van der Waals surface area contributed by atoms with Gasteiger partial charge in [-0.3, -0.25) is 19.3 Å². The van der Waals surface area contributed by atoms with Gasteiger partial charge in [0.15, 0.2) is 5.78 Å². The van der Waals surface area contributed by atoms with E-state index in [4.69, 9.17) is 4.42 Å². The molecule has 0 bridgehead atoms. The van der Waals surface area contributed by atoms with Gasteiger partial charge in [0.1, 0.15) is 6.26 Å². The lowest BCUT2D eigenvalue weighted by Gasteiger charge is -2.23. The molecule has 1 aliphatic rings. The molecule has 1 aromatic carbocycles. The normalized spacial score (nSPS) is 14.3. The topological polar surface area (TPSA) is 67.6 Å². The molecule has 2 aromatic rings. The summed E-state index contributed by atoms with van der Waals surface area (Å²) in [5, 5.41) is 0. The molecule has 5 nitrogen and oxygen atoms in total. The van der Waals surface area contributed by atoms with Crippen LogP contribution in [-0.4, -0.2) is 29.5 Å². The van der Waals surface area contributed by atoms with Crippen LogP contribution in [0.25, 0.3) is 0 Å². The Labute approximate surface area is 114 Å². The van der Waals surface area contributed by atoms with Crippen molar-refractivity contribution in [1.29, 1.82) is 0 Å². The second-order valence-electron chi connectivity index (χ2n) is 4.65. The van der Waals surface area contributed by atoms with Crippen molar-refractivity contribution in [2.75, 3.05) is 7.05 Å². The third-order valence-electron chi connectivity index (χ3n) is 3.41. The van der Waals surface area contributed by atoms with Crippen LogP contribution in [0.2, 0.25) is 0 Å². The van der Waals surface area contributed by atoms with Gasteiger partial charge in [0, 0.05) is 18.2 Å². The monoisotopic (exact) mass is 269 g/mol. The van der Waals surface area contributed by atoms with Crippen molar-refractivity contribution in [2.45, 2.75) is 6.42 Å². The third kappa shape index (κ3) is 1.84. The molecule has 0 saturated carbocycles. The van der Waals surface area contributed by atoms with E-state index in [1.165, 1.54) is 25.6 Å². The minimum atomic E-state index is -0.377. The lowest BCUT2D eigenvalue weighted by Crippen LogP contribution is -2.39. The second kappa shape index (κ2) is 4.45. The summed E-state index contributed by atoms with van der Waals surface area (Å²) in [5.74, 6) is -0.830. The van der Waals surface area contributed by atoms with Crippen LogP contribution in [0.3, 0.4) is 0 Å². The molecule has 3 rings (SSSR count). The molecule has 1 aliphatic heterocycles. The first-order chi connectivity index (χ1) is 9.58. The van der Waals surface area contributed by atoms with E-state index in [-0.39, 0.29) is 24.0 Å². The van der Waals surface area contributed by atoms with E-state index in [0.717, 1.165) is 4.90 Å². The van der Waals surface area contributed by atoms with Gasteiger partial charge in [-0.15, -0.1) is 0 Å². The average Bonchev–Trinajstić information content (AvgIpc) is 2.98. The lowest BCUT2D eigenvalue weighted by molar-refractivity contribution is -0.127. The first-order valence-corrected chi connectivity index (χ1v) is 6.08. The van der Waals surface area contributed by atoms with Gasteiger partial charge in [-0.2, -0.15) is 0 Å². The van der Waals surface area contributed by atoms with E-state index in [1.807, 2.05) is 0 Å². The van der Waals surface area contributed by atoms with Gasteiger partial charge in [-0.1, -0.05) is 12.1 Å². The predicted molar refractivity (Wildman–Crippen MR) is 69.4 cm³/mol. The summed E-state index contributed by atoms with van der Waals surface area (Å²) in [6.07, 6.45) is 2.96. The van der Waals surface area contributed by atoms with Crippen LogP contribution in [0.5, 0.6) is 0 Å². The summed E-state index contributed by atoms with van der Waals surface area (Å²) >= 11 is 0. The number of benzene rings is 1. The van der Waals surface area contributed by atoms with Crippen LogP contribution in [0.15, 0.2) is 41.2 Å². The molecule has 100 valence electrons. The highest BCUT2D eigenvalue weighted by Gasteiger charge is 2.28. The minimum absolute atomic E-state index is 0.178. The molecule has 0 unspecified atom stereocenters. The predicted octanol–water partition coefficient (Wildman–Crippen LogP) is 1.67. The standard InChI is InChI=1S/C15H11NO4/c1-16-13(17)7-9-2-3-10(6-12(9)15(16)19)14(18)11-4-5-20-8-11/h2-6,8H,7H2,1H3. The Kier molecular flexibility index (Phi) is 2.75. The molecule has 1 aromatic heterocycles. The number of fused-ring (bicyclic) bond motifs is 1. The van der Waals surface area contributed by atoms with Crippen LogP contribution in [0.1, 0.15) is 31.8 Å². The van der Waals surface area contributed by atoms with Crippen molar-refractivity contribution in [3.8, 4) is 0 Å². The fourth-order valence-corrected chi connectivity index (χ4v) is 2.21. The third-order valence-corrected chi connectivity index (χ3v) is 3.41. The van der Waals surface area contributed by atoms with Crippen molar-refractivity contribution in [2.24, 2.45) is 0 Å². The van der Waals surface area contributed by atoms with Gasteiger partial charge in [0.2, 0.25) is 5.91 Å². The zero-order chi connectivity index (χ0) is 14.3. The van der Waals surface area contributed by atoms with Crippen molar-refractivity contribution in [3.63, 3.8) is 0 Å². The molecule has 0 aliphatic carbocycles. The number of carbonyl (C=O) groups excluding carboxylic acids is 3. The number of imide groups is 1. The Morgan fingerprint density at radius 3 is 2.70 bits per heavy atom. The molecule has 0 saturated heterocycles. The smallest absolute Gasteiger partial charge is 0.260 e. The van der Waals surface area contributed by atoms with Gasteiger partial charge < -0.3 is 4.42 Å². The Morgan fingerprint density at radius 2 is 2.00 bits per heavy atom. The maximum absolute atomic E-state index is 12.2. The first-order valence-electron chi connectivity index (χ1n) is 6.08. The first kappa shape index (κ1) is 12.3. The number of carbonyl (C=O) groups is 3. The molecule has 0 radical (unpaired) electrons. The highest BCUT2D eigenvalue weighted by molar-refractivity contribution is 6.13. The molecule has 0 spiro atoms. The molecule has 2 amide bonds. The second-order valence-corrected chi connectivity index (χ2v) is 4.65. The summed E-state index contributed by atoms with van der Waals surface area (Å²) in [4.78, 5) is 36.9. The number of amides is 2.